The van der Waals surface area contributed by atoms with E-state index >= 15 is 0 Å². The van der Waals surface area contributed by atoms with Crippen molar-refractivity contribution in [1.82, 2.24) is 10.6 Å². The number of benzene rings is 1. The first kappa shape index (κ1) is 15.8. The van der Waals surface area contributed by atoms with E-state index in [0.29, 0.717) is 18.1 Å². The molecule has 3 N–H and O–H groups in total. The predicted octanol–water partition coefficient (Wildman–Crippen LogP) is 2.34. The number of hydrogen-bond donors (Lipinski definition) is 3. The van der Waals surface area contributed by atoms with Crippen molar-refractivity contribution in [1.29, 1.82) is 0 Å². The van der Waals surface area contributed by atoms with Crippen molar-refractivity contribution in [3.63, 3.8) is 0 Å². The van der Waals surface area contributed by atoms with Gasteiger partial charge in [0.25, 0.3) is 0 Å². The Balaban J connectivity index is 2.07. The van der Waals surface area contributed by atoms with Crippen LogP contribution in [0.4, 0.5) is 4.79 Å². The summed E-state index contributed by atoms with van der Waals surface area (Å²) in [6.45, 7) is 1.44. The van der Waals surface area contributed by atoms with Crippen molar-refractivity contribution in [2.24, 2.45) is 0 Å². The molecule has 0 heterocycles. The standard InChI is InChI=1S/C14H21ClN2O2/c15-13-6-4-5-12(11-13)7-9-17-14(19)16-8-2-1-3-10-18/h4-6,11,18H,1-3,7-10H2,(H2,16,17,19). The zero-order valence-corrected chi connectivity index (χ0v) is 11.7. The van der Waals surface area contributed by atoms with Crippen LogP contribution in [0.5, 0.6) is 0 Å². The molecule has 0 aliphatic carbocycles. The molecule has 0 unspecified atom stereocenters. The first-order chi connectivity index (χ1) is 9.22. The Morgan fingerprint density at radius 1 is 1.16 bits per heavy atom. The van der Waals surface area contributed by atoms with Gasteiger partial charge in [-0.05, 0) is 43.4 Å². The molecule has 0 fully saturated rings. The van der Waals surface area contributed by atoms with Gasteiger partial charge in [0, 0.05) is 24.7 Å². The van der Waals surface area contributed by atoms with E-state index in [2.05, 4.69) is 10.6 Å². The fraction of sp³-hybridized carbons (Fsp3) is 0.500. The summed E-state index contributed by atoms with van der Waals surface area (Å²) in [5.41, 5.74) is 1.11. The maximum Gasteiger partial charge on any atom is 0.314 e. The molecule has 19 heavy (non-hydrogen) atoms. The number of aliphatic hydroxyl groups is 1. The third kappa shape index (κ3) is 7.70. The lowest BCUT2D eigenvalue weighted by molar-refractivity contribution is 0.240. The number of rotatable bonds is 8. The first-order valence-electron chi connectivity index (χ1n) is 6.59. The average molecular weight is 285 g/mol. The molecule has 0 saturated carbocycles. The Morgan fingerprint density at radius 2 is 1.95 bits per heavy atom. The van der Waals surface area contributed by atoms with E-state index in [1.807, 2.05) is 24.3 Å². The van der Waals surface area contributed by atoms with E-state index in [1.54, 1.807) is 0 Å². The van der Waals surface area contributed by atoms with Gasteiger partial charge in [0.05, 0.1) is 0 Å². The number of amides is 2. The van der Waals surface area contributed by atoms with E-state index in [0.717, 1.165) is 31.2 Å². The van der Waals surface area contributed by atoms with Crippen molar-refractivity contribution >= 4 is 17.6 Å². The minimum atomic E-state index is -0.147. The second-order valence-electron chi connectivity index (χ2n) is 4.35. The van der Waals surface area contributed by atoms with Crippen molar-refractivity contribution in [3.8, 4) is 0 Å². The highest BCUT2D eigenvalue weighted by Gasteiger charge is 1.99. The van der Waals surface area contributed by atoms with Crippen LogP contribution in [-0.2, 0) is 6.42 Å². The van der Waals surface area contributed by atoms with Crippen LogP contribution in [0.3, 0.4) is 0 Å². The minimum absolute atomic E-state index is 0.147. The van der Waals surface area contributed by atoms with Crippen LogP contribution in [0.1, 0.15) is 24.8 Å². The number of nitrogens with one attached hydrogen (secondary N) is 2. The van der Waals surface area contributed by atoms with Crippen LogP contribution in [0, 0.1) is 0 Å². The lowest BCUT2D eigenvalue weighted by atomic mass is 10.1. The van der Waals surface area contributed by atoms with Gasteiger partial charge >= 0.3 is 6.03 Å². The molecule has 0 aliphatic heterocycles. The molecule has 5 heteroatoms. The third-order valence-corrected chi connectivity index (χ3v) is 2.94. The molecule has 4 nitrogen and oxygen atoms in total. The molecule has 0 saturated heterocycles. The van der Waals surface area contributed by atoms with Crippen LogP contribution in [0.15, 0.2) is 24.3 Å². The molecule has 0 aromatic heterocycles. The summed E-state index contributed by atoms with van der Waals surface area (Å²) in [6.07, 6.45) is 3.37. The summed E-state index contributed by atoms with van der Waals surface area (Å²) >= 11 is 5.88. The molecule has 0 atom stereocenters. The van der Waals surface area contributed by atoms with Gasteiger partial charge in [-0.3, -0.25) is 0 Å². The Morgan fingerprint density at radius 3 is 2.68 bits per heavy atom. The Hall–Kier alpha value is -1.26. The normalized spacial score (nSPS) is 10.2. The van der Waals surface area contributed by atoms with Gasteiger partial charge in [0.2, 0.25) is 0 Å². The zero-order chi connectivity index (χ0) is 13.9. The second-order valence-corrected chi connectivity index (χ2v) is 4.78. The van der Waals surface area contributed by atoms with Gasteiger partial charge in [0.1, 0.15) is 0 Å². The van der Waals surface area contributed by atoms with Crippen LogP contribution >= 0.6 is 11.6 Å². The summed E-state index contributed by atoms with van der Waals surface area (Å²) in [5.74, 6) is 0. The van der Waals surface area contributed by atoms with Gasteiger partial charge in [-0.25, -0.2) is 4.79 Å². The monoisotopic (exact) mass is 284 g/mol. The quantitative estimate of drug-likeness (QED) is 0.642. The third-order valence-electron chi connectivity index (χ3n) is 2.71. The van der Waals surface area contributed by atoms with E-state index in [4.69, 9.17) is 16.7 Å². The zero-order valence-electron chi connectivity index (χ0n) is 11.0. The molecular formula is C14H21ClN2O2. The summed E-state index contributed by atoms with van der Waals surface area (Å²) in [7, 11) is 0. The highest BCUT2D eigenvalue weighted by Crippen LogP contribution is 2.10. The smallest absolute Gasteiger partial charge is 0.314 e. The number of carbonyl (C=O) groups excluding carboxylic acids is 1. The van der Waals surface area contributed by atoms with Crippen molar-refractivity contribution in [3.05, 3.63) is 34.9 Å². The van der Waals surface area contributed by atoms with Crippen LogP contribution in [0.25, 0.3) is 0 Å². The Kier molecular flexibility index (Phi) is 8.02. The summed E-state index contributed by atoms with van der Waals surface area (Å²) in [6, 6.07) is 7.47. The largest absolute Gasteiger partial charge is 0.396 e. The van der Waals surface area contributed by atoms with Gasteiger partial charge in [-0.1, -0.05) is 23.7 Å². The maximum atomic E-state index is 11.4. The lowest BCUT2D eigenvalue weighted by Crippen LogP contribution is -2.37. The van der Waals surface area contributed by atoms with E-state index in [-0.39, 0.29) is 12.6 Å². The highest BCUT2D eigenvalue weighted by atomic mass is 35.5. The minimum Gasteiger partial charge on any atom is -0.396 e. The number of urea groups is 1. The van der Waals surface area contributed by atoms with E-state index < -0.39 is 0 Å². The topological polar surface area (TPSA) is 61.4 Å². The number of unbranched alkanes of at least 4 members (excludes halogenated alkanes) is 2. The molecule has 1 aromatic rings. The number of hydrogen-bond acceptors (Lipinski definition) is 2. The second kappa shape index (κ2) is 9.64. The van der Waals surface area contributed by atoms with Gasteiger partial charge in [-0.15, -0.1) is 0 Å². The van der Waals surface area contributed by atoms with Gasteiger partial charge < -0.3 is 15.7 Å². The number of carbonyl (C=O) groups is 1. The molecule has 2 amide bonds. The summed E-state index contributed by atoms with van der Waals surface area (Å²) < 4.78 is 0. The van der Waals surface area contributed by atoms with Crippen LogP contribution < -0.4 is 10.6 Å². The molecule has 0 bridgehead atoms. The molecular weight excluding hydrogens is 264 g/mol. The Labute approximate surface area is 119 Å². The molecule has 0 spiro atoms. The molecule has 106 valence electrons. The van der Waals surface area contributed by atoms with Gasteiger partial charge in [-0.2, -0.15) is 0 Å². The van der Waals surface area contributed by atoms with Crippen molar-refractivity contribution in [2.45, 2.75) is 25.7 Å². The van der Waals surface area contributed by atoms with Crippen LogP contribution in [0.2, 0.25) is 5.02 Å². The number of aliphatic hydroxyl groups excluding tert-OH is 1. The lowest BCUT2D eigenvalue weighted by Gasteiger charge is -2.07. The maximum absolute atomic E-state index is 11.4. The van der Waals surface area contributed by atoms with E-state index in [9.17, 15) is 4.79 Å². The summed E-state index contributed by atoms with van der Waals surface area (Å²) in [5, 5.41) is 14.9. The molecule has 0 aliphatic rings. The van der Waals surface area contributed by atoms with Crippen molar-refractivity contribution in [2.75, 3.05) is 19.7 Å². The molecule has 1 rings (SSSR count). The SMILES string of the molecule is O=C(NCCCCCO)NCCc1cccc(Cl)c1. The van der Waals surface area contributed by atoms with Gasteiger partial charge in [0.15, 0.2) is 0 Å². The van der Waals surface area contributed by atoms with Crippen molar-refractivity contribution < 1.29 is 9.90 Å². The average Bonchev–Trinajstić information content (AvgIpc) is 2.38. The summed E-state index contributed by atoms with van der Waals surface area (Å²) in [4.78, 5) is 11.4. The fourth-order valence-corrected chi connectivity index (χ4v) is 1.90. The highest BCUT2D eigenvalue weighted by molar-refractivity contribution is 6.30. The first-order valence-corrected chi connectivity index (χ1v) is 6.97. The fourth-order valence-electron chi connectivity index (χ4n) is 1.69. The van der Waals surface area contributed by atoms with E-state index in [1.165, 1.54) is 0 Å². The predicted molar refractivity (Wildman–Crippen MR) is 77.5 cm³/mol. The van der Waals surface area contributed by atoms with Crippen LogP contribution in [-0.4, -0.2) is 30.8 Å². The molecule has 0 radical (unpaired) electrons. The number of halogens is 1. The molecule has 1 aromatic carbocycles. The Bertz CT molecular complexity index is 385.